The lowest BCUT2D eigenvalue weighted by molar-refractivity contribution is -0.120. The van der Waals surface area contributed by atoms with Gasteiger partial charge in [-0.05, 0) is 69.8 Å². The Labute approximate surface area is 165 Å². The van der Waals surface area contributed by atoms with Gasteiger partial charge >= 0.3 is 0 Å². The van der Waals surface area contributed by atoms with Crippen LogP contribution in [0, 0.1) is 26.6 Å². The highest BCUT2D eigenvalue weighted by Gasteiger charge is 2.18. The summed E-state index contributed by atoms with van der Waals surface area (Å²) in [5, 5.41) is 4.14. The zero-order valence-electron chi connectivity index (χ0n) is 17.2. The molecular formula is C23H28FN3O. The van der Waals surface area contributed by atoms with E-state index < -0.39 is 0 Å². The minimum atomic E-state index is -0.268. The molecule has 0 aliphatic rings. The highest BCUT2D eigenvalue weighted by atomic mass is 19.1. The number of carbonyl (C=O) groups is 1. The van der Waals surface area contributed by atoms with Crippen molar-refractivity contribution in [2.24, 2.45) is 0 Å². The molecule has 3 rings (SSSR count). The molecule has 0 radical (unpaired) electrons. The van der Waals surface area contributed by atoms with Gasteiger partial charge in [-0.3, -0.25) is 4.79 Å². The summed E-state index contributed by atoms with van der Waals surface area (Å²) in [4.78, 5) is 18.1. The summed E-state index contributed by atoms with van der Waals surface area (Å²) in [6, 6.07) is 10.7. The van der Waals surface area contributed by atoms with Crippen LogP contribution >= 0.6 is 0 Å². The van der Waals surface area contributed by atoms with Crippen molar-refractivity contribution in [1.29, 1.82) is 0 Å². The fourth-order valence-electron chi connectivity index (χ4n) is 3.81. The van der Waals surface area contributed by atoms with Gasteiger partial charge in [-0.25, -0.2) is 4.39 Å². The summed E-state index contributed by atoms with van der Waals surface area (Å²) in [6.45, 7) is 6.58. The maximum absolute atomic E-state index is 13.6. The second-order valence-electron chi connectivity index (χ2n) is 7.75. The molecule has 3 aromatic rings. The molecule has 1 amide bonds. The van der Waals surface area contributed by atoms with E-state index in [-0.39, 0.29) is 17.8 Å². The Kier molecular flexibility index (Phi) is 5.84. The molecule has 0 unspecified atom stereocenters. The minimum Gasteiger partial charge on any atom is -0.358 e. The zero-order chi connectivity index (χ0) is 20.4. The Morgan fingerprint density at radius 3 is 2.61 bits per heavy atom. The van der Waals surface area contributed by atoms with Gasteiger partial charge in [-0.1, -0.05) is 23.8 Å². The normalized spacial score (nSPS) is 12.5. The van der Waals surface area contributed by atoms with Gasteiger partial charge in [0.15, 0.2) is 0 Å². The number of benzene rings is 2. The number of likely N-dealkylation sites (N-methyl/N-ethyl adjacent to an activating group) is 1. The van der Waals surface area contributed by atoms with Crippen LogP contribution in [0.25, 0.3) is 10.9 Å². The first kappa shape index (κ1) is 20.1. The number of halogens is 1. The third-order valence-electron chi connectivity index (χ3n) is 5.26. The van der Waals surface area contributed by atoms with E-state index in [2.05, 4.69) is 36.3 Å². The molecule has 4 nitrogen and oxygen atoms in total. The Morgan fingerprint density at radius 2 is 1.93 bits per heavy atom. The summed E-state index contributed by atoms with van der Waals surface area (Å²) in [5.74, 6) is -0.303. The standard InChI is InChI=1S/C23H28FN3O/c1-14-9-15(2)23-20(10-14)19(16(3)26-23)12-22(28)25-13-21(27(4)5)17-7-6-8-18(24)11-17/h6-11,21,26H,12-13H2,1-5H3,(H,25,28)/t21-/m1/s1. The van der Waals surface area contributed by atoms with Crippen LogP contribution < -0.4 is 5.32 Å². The van der Waals surface area contributed by atoms with Crippen molar-refractivity contribution in [2.45, 2.75) is 33.2 Å². The number of aryl methyl sites for hydroxylation is 3. The first-order chi connectivity index (χ1) is 13.3. The Hall–Kier alpha value is -2.66. The molecule has 5 heteroatoms. The van der Waals surface area contributed by atoms with Crippen LogP contribution in [0.3, 0.4) is 0 Å². The van der Waals surface area contributed by atoms with Crippen molar-refractivity contribution < 1.29 is 9.18 Å². The first-order valence-corrected chi connectivity index (χ1v) is 9.53. The van der Waals surface area contributed by atoms with Crippen LogP contribution in [0.2, 0.25) is 0 Å². The quantitative estimate of drug-likeness (QED) is 0.672. The predicted octanol–water partition coefficient (Wildman–Crippen LogP) is 4.19. The molecule has 28 heavy (non-hydrogen) atoms. The minimum absolute atomic E-state index is 0.0357. The number of hydrogen-bond donors (Lipinski definition) is 2. The molecule has 0 fully saturated rings. The van der Waals surface area contributed by atoms with Gasteiger partial charge < -0.3 is 15.2 Å². The van der Waals surface area contributed by atoms with Crippen LogP contribution in [0.1, 0.15) is 34.0 Å². The zero-order valence-corrected chi connectivity index (χ0v) is 17.2. The van der Waals surface area contributed by atoms with E-state index in [1.807, 2.05) is 32.0 Å². The smallest absolute Gasteiger partial charge is 0.224 e. The van der Waals surface area contributed by atoms with Crippen molar-refractivity contribution in [3.8, 4) is 0 Å². The average Bonchev–Trinajstić information content (AvgIpc) is 2.91. The van der Waals surface area contributed by atoms with Crippen molar-refractivity contribution >= 4 is 16.8 Å². The van der Waals surface area contributed by atoms with E-state index in [1.165, 1.54) is 23.3 Å². The number of hydrogen-bond acceptors (Lipinski definition) is 2. The maximum atomic E-state index is 13.6. The monoisotopic (exact) mass is 381 g/mol. The van der Waals surface area contributed by atoms with Crippen molar-refractivity contribution in [3.63, 3.8) is 0 Å². The number of fused-ring (bicyclic) bond motifs is 1. The predicted molar refractivity (Wildman–Crippen MR) is 112 cm³/mol. The van der Waals surface area contributed by atoms with Gasteiger partial charge in [-0.2, -0.15) is 0 Å². The highest BCUT2D eigenvalue weighted by Crippen LogP contribution is 2.27. The van der Waals surface area contributed by atoms with Gasteiger partial charge in [-0.15, -0.1) is 0 Å². The molecule has 0 aliphatic carbocycles. The van der Waals surface area contributed by atoms with Crippen LogP contribution in [-0.2, 0) is 11.2 Å². The van der Waals surface area contributed by atoms with E-state index in [4.69, 9.17) is 0 Å². The second kappa shape index (κ2) is 8.15. The van der Waals surface area contributed by atoms with Gasteiger partial charge in [0.05, 0.1) is 12.5 Å². The number of amides is 1. The number of nitrogens with one attached hydrogen (secondary N) is 2. The summed E-state index contributed by atoms with van der Waals surface area (Å²) in [6.07, 6.45) is 0.317. The fraction of sp³-hybridized carbons (Fsp3) is 0.348. The lowest BCUT2D eigenvalue weighted by atomic mass is 10.0. The lowest BCUT2D eigenvalue weighted by Crippen LogP contribution is -2.35. The first-order valence-electron chi connectivity index (χ1n) is 9.53. The highest BCUT2D eigenvalue weighted by molar-refractivity contribution is 5.92. The maximum Gasteiger partial charge on any atom is 0.224 e. The van der Waals surface area contributed by atoms with Gasteiger partial charge in [0, 0.05) is 23.1 Å². The van der Waals surface area contributed by atoms with E-state index in [9.17, 15) is 9.18 Å². The van der Waals surface area contributed by atoms with Crippen LogP contribution in [0.4, 0.5) is 4.39 Å². The molecular weight excluding hydrogens is 353 g/mol. The molecule has 1 atom stereocenters. The third kappa shape index (κ3) is 4.25. The number of aromatic nitrogens is 1. The molecule has 148 valence electrons. The third-order valence-corrected chi connectivity index (χ3v) is 5.26. The summed E-state index contributed by atoms with van der Waals surface area (Å²) >= 11 is 0. The number of aromatic amines is 1. The van der Waals surface area contributed by atoms with E-state index in [1.54, 1.807) is 6.07 Å². The number of carbonyl (C=O) groups excluding carboxylic acids is 1. The van der Waals surface area contributed by atoms with E-state index >= 15 is 0 Å². The molecule has 0 saturated heterocycles. The molecule has 2 N–H and O–H groups in total. The molecule has 0 aliphatic heterocycles. The topological polar surface area (TPSA) is 48.1 Å². The number of H-pyrrole nitrogens is 1. The Bertz CT molecular complexity index is 1010. The van der Waals surface area contributed by atoms with Gasteiger partial charge in [0.25, 0.3) is 0 Å². The summed E-state index contributed by atoms with van der Waals surface area (Å²) < 4.78 is 13.6. The van der Waals surface area contributed by atoms with Crippen molar-refractivity contribution in [3.05, 3.63) is 70.2 Å². The van der Waals surface area contributed by atoms with Crippen molar-refractivity contribution in [2.75, 3.05) is 20.6 Å². The van der Waals surface area contributed by atoms with Crippen LogP contribution in [0.15, 0.2) is 36.4 Å². The fourth-order valence-corrected chi connectivity index (χ4v) is 3.81. The largest absolute Gasteiger partial charge is 0.358 e. The molecule has 1 aromatic heterocycles. The lowest BCUT2D eigenvalue weighted by Gasteiger charge is -2.25. The summed E-state index contributed by atoms with van der Waals surface area (Å²) in [7, 11) is 3.86. The van der Waals surface area contributed by atoms with Gasteiger partial charge in [0.1, 0.15) is 5.82 Å². The molecule has 0 bridgehead atoms. The Balaban J connectivity index is 1.75. The SMILES string of the molecule is Cc1cc(C)c2[nH]c(C)c(CC(=O)NC[C@H](c3cccc(F)c3)N(C)C)c2c1. The van der Waals surface area contributed by atoms with Crippen LogP contribution in [-0.4, -0.2) is 36.4 Å². The van der Waals surface area contributed by atoms with E-state index in [0.29, 0.717) is 13.0 Å². The number of rotatable bonds is 6. The second-order valence-corrected chi connectivity index (χ2v) is 7.75. The van der Waals surface area contributed by atoms with Crippen LogP contribution in [0.5, 0.6) is 0 Å². The summed E-state index contributed by atoms with van der Waals surface area (Å²) in [5.41, 5.74) is 6.37. The van der Waals surface area contributed by atoms with E-state index in [0.717, 1.165) is 27.7 Å². The molecule has 2 aromatic carbocycles. The molecule has 0 saturated carbocycles. The average molecular weight is 381 g/mol. The molecule has 0 spiro atoms. The van der Waals surface area contributed by atoms with Gasteiger partial charge in [0.2, 0.25) is 5.91 Å². The number of nitrogens with zero attached hydrogens (tertiary/aromatic N) is 1. The molecule has 1 heterocycles. The Morgan fingerprint density at radius 1 is 1.18 bits per heavy atom. The van der Waals surface area contributed by atoms with Crippen molar-refractivity contribution in [1.82, 2.24) is 15.2 Å².